The molecule has 1 aliphatic rings. The van der Waals surface area contributed by atoms with Crippen molar-refractivity contribution in [1.29, 1.82) is 5.26 Å². The molecule has 1 fully saturated rings. The maximum Gasteiger partial charge on any atom is 0.252 e. The Morgan fingerprint density at radius 2 is 2.10 bits per heavy atom. The van der Waals surface area contributed by atoms with Gasteiger partial charge in [-0.1, -0.05) is 0 Å². The van der Waals surface area contributed by atoms with Gasteiger partial charge in [-0.2, -0.15) is 10.4 Å². The Balaban J connectivity index is 1.96. The molecule has 0 unspecified atom stereocenters. The SMILES string of the molecule is [2H]C1([2H])N(c2cc(-c3cc(C#N)c4c(N)ncnn34)ccc2F)C(=O)C(C)(C)N(C(C)=O)C1([2H])[2H]. The average Bonchev–Trinajstić information content (AvgIpc) is 3.13. The maximum absolute atomic E-state index is 15.1. The van der Waals surface area contributed by atoms with E-state index in [2.05, 4.69) is 10.1 Å². The second-order valence-corrected chi connectivity index (χ2v) is 7.40. The second-order valence-electron chi connectivity index (χ2n) is 7.40. The number of anilines is 2. The molecule has 2 N–H and O–H groups in total. The van der Waals surface area contributed by atoms with Crippen LogP contribution in [0.4, 0.5) is 15.9 Å². The number of aromatic nitrogens is 3. The number of nitrogens with zero attached hydrogens (tertiary/aromatic N) is 6. The highest BCUT2D eigenvalue weighted by Crippen LogP contribution is 2.34. The lowest BCUT2D eigenvalue weighted by Gasteiger charge is -2.45. The van der Waals surface area contributed by atoms with Crippen molar-refractivity contribution in [2.24, 2.45) is 0 Å². The molecule has 2 amide bonds. The van der Waals surface area contributed by atoms with Gasteiger partial charge in [0.05, 0.1) is 22.4 Å². The van der Waals surface area contributed by atoms with Gasteiger partial charge in [0.25, 0.3) is 5.91 Å². The van der Waals surface area contributed by atoms with Crippen molar-refractivity contribution in [3.63, 3.8) is 0 Å². The summed E-state index contributed by atoms with van der Waals surface area (Å²) in [7, 11) is 0. The Morgan fingerprint density at radius 1 is 1.35 bits per heavy atom. The van der Waals surface area contributed by atoms with Crippen LogP contribution in [0.3, 0.4) is 0 Å². The highest BCUT2D eigenvalue weighted by Gasteiger charge is 2.44. The molecule has 0 bridgehead atoms. The minimum atomic E-state index is -3.14. The van der Waals surface area contributed by atoms with Crippen molar-refractivity contribution in [3.8, 4) is 17.3 Å². The fourth-order valence-corrected chi connectivity index (χ4v) is 3.50. The number of carbonyl (C=O) groups excluding carboxylic acids is 2. The van der Waals surface area contributed by atoms with E-state index in [1.54, 1.807) is 0 Å². The molecule has 10 heteroatoms. The van der Waals surface area contributed by atoms with Crippen LogP contribution in [0.1, 0.15) is 31.8 Å². The number of carbonyl (C=O) groups is 2. The molecule has 9 nitrogen and oxygen atoms in total. The Kier molecular flexibility index (Phi) is 3.59. The summed E-state index contributed by atoms with van der Waals surface area (Å²) in [5.74, 6) is -2.84. The number of hydrogen-bond donors (Lipinski definition) is 1. The van der Waals surface area contributed by atoms with Crippen LogP contribution in [0, 0.1) is 17.1 Å². The topological polar surface area (TPSA) is 121 Å². The van der Waals surface area contributed by atoms with Gasteiger partial charge in [-0.3, -0.25) is 9.59 Å². The van der Waals surface area contributed by atoms with Gasteiger partial charge in [0.1, 0.15) is 29.3 Å². The van der Waals surface area contributed by atoms with E-state index in [1.807, 2.05) is 6.07 Å². The summed E-state index contributed by atoms with van der Waals surface area (Å²) < 4.78 is 50.2. The minimum absolute atomic E-state index is 0.0342. The summed E-state index contributed by atoms with van der Waals surface area (Å²) in [6, 6.07) is 6.90. The molecule has 0 radical (unpaired) electrons. The largest absolute Gasteiger partial charge is 0.382 e. The number of amides is 2. The Hall–Kier alpha value is -4.00. The Bertz CT molecular complexity index is 1450. The van der Waals surface area contributed by atoms with Crippen molar-refractivity contribution in [3.05, 3.63) is 42.0 Å². The molecule has 1 aromatic carbocycles. The fourth-order valence-electron chi connectivity index (χ4n) is 3.50. The van der Waals surface area contributed by atoms with Crippen LogP contribution in [0.2, 0.25) is 0 Å². The molecule has 2 aromatic heterocycles. The van der Waals surface area contributed by atoms with Crippen LogP contribution in [0.15, 0.2) is 30.6 Å². The zero-order valence-corrected chi connectivity index (χ0v) is 16.8. The molecular formula is C21H20FN7O2. The number of nitriles is 1. The molecule has 0 spiro atoms. The average molecular weight is 425 g/mol. The van der Waals surface area contributed by atoms with Crippen molar-refractivity contribution >= 4 is 28.8 Å². The van der Waals surface area contributed by atoms with Crippen LogP contribution < -0.4 is 10.6 Å². The van der Waals surface area contributed by atoms with Gasteiger partial charge in [-0.05, 0) is 38.1 Å². The smallest absolute Gasteiger partial charge is 0.252 e. The number of hydrogen-bond acceptors (Lipinski definition) is 6. The van der Waals surface area contributed by atoms with Crippen LogP contribution in [0.5, 0.6) is 0 Å². The number of fused-ring (bicyclic) bond motifs is 1. The van der Waals surface area contributed by atoms with E-state index in [1.165, 1.54) is 30.5 Å². The molecule has 0 atom stereocenters. The van der Waals surface area contributed by atoms with E-state index in [0.717, 1.165) is 25.4 Å². The molecule has 3 heterocycles. The molecular weight excluding hydrogens is 401 g/mol. The first kappa shape index (κ1) is 15.8. The Morgan fingerprint density at radius 3 is 2.77 bits per heavy atom. The van der Waals surface area contributed by atoms with E-state index < -0.39 is 41.9 Å². The summed E-state index contributed by atoms with van der Waals surface area (Å²) in [6.45, 7) is -2.60. The van der Waals surface area contributed by atoms with Crippen LogP contribution in [-0.2, 0) is 9.59 Å². The lowest BCUT2D eigenvalue weighted by Crippen LogP contribution is -2.64. The number of piperazine rings is 1. The summed E-state index contributed by atoms with van der Waals surface area (Å²) in [6.07, 6.45) is 1.16. The first-order chi connectivity index (χ1) is 16.2. The molecule has 1 aliphatic heterocycles. The highest BCUT2D eigenvalue weighted by molar-refractivity contribution is 6.03. The maximum atomic E-state index is 15.1. The normalized spacial score (nSPS) is 21.1. The zero-order chi connectivity index (χ0) is 26.1. The summed E-state index contributed by atoms with van der Waals surface area (Å²) in [4.78, 5) is 30.5. The van der Waals surface area contributed by atoms with Gasteiger partial charge in [-0.15, -0.1) is 0 Å². The van der Waals surface area contributed by atoms with Crippen molar-refractivity contribution in [2.45, 2.75) is 26.3 Å². The fraction of sp³-hybridized carbons (Fsp3) is 0.286. The predicted molar refractivity (Wildman–Crippen MR) is 111 cm³/mol. The first-order valence-electron chi connectivity index (χ1n) is 11.2. The number of nitrogen functional groups attached to an aromatic ring is 1. The summed E-state index contributed by atoms with van der Waals surface area (Å²) in [5, 5.41) is 13.6. The highest BCUT2D eigenvalue weighted by atomic mass is 19.1. The van der Waals surface area contributed by atoms with Gasteiger partial charge in [0.15, 0.2) is 5.82 Å². The van der Waals surface area contributed by atoms with E-state index in [4.69, 9.17) is 11.2 Å². The lowest BCUT2D eigenvalue weighted by atomic mass is 9.96. The quantitative estimate of drug-likeness (QED) is 0.670. The predicted octanol–water partition coefficient (Wildman–Crippen LogP) is 1.96. The number of rotatable bonds is 2. The molecule has 158 valence electrons. The monoisotopic (exact) mass is 425 g/mol. The van der Waals surface area contributed by atoms with Crippen molar-refractivity contribution in [1.82, 2.24) is 19.5 Å². The van der Waals surface area contributed by atoms with E-state index in [-0.39, 0.29) is 28.2 Å². The molecule has 0 aliphatic carbocycles. The standard InChI is InChI=1S/C21H20FN7O2/c1-12(30)28-7-6-27(20(31)21(28,2)3)17-8-13(4-5-15(17)22)16-9-14(10-23)18-19(24)25-11-26-29(16)18/h4-5,8-9,11H,6-7H2,1-3H3,(H2,24,25,26)/i6D2,7D2. The van der Waals surface area contributed by atoms with Crippen LogP contribution in [-0.4, -0.2) is 49.8 Å². The van der Waals surface area contributed by atoms with E-state index in [0.29, 0.717) is 9.80 Å². The zero-order valence-electron chi connectivity index (χ0n) is 20.8. The van der Waals surface area contributed by atoms with Gasteiger partial charge in [0.2, 0.25) is 5.91 Å². The van der Waals surface area contributed by atoms with Gasteiger partial charge in [-0.25, -0.2) is 13.9 Å². The first-order valence-corrected chi connectivity index (χ1v) is 9.15. The third-order valence-corrected chi connectivity index (χ3v) is 5.06. The minimum Gasteiger partial charge on any atom is -0.382 e. The van der Waals surface area contributed by atoms with Gasteiger partial charge >= 0.3 is 0 Å². The van der Waals surface area contributed by atoms with Crippen LogP contribution in [0.25, 0.3) is 16.8 Å². The lowest BCUT2D eigenvalue weighted by molar-refractivity contribution is -0.145. The molecule has 4 rings (SSSR count). The summed E-state index contributed by atoms with van der Waals surface area (Å²) in [5.41, 5.74) is 4.39. The number of nitrogens with two attached hydrogens (primary N) is 1. The van der Waals surface area contributed by atoms with Crippen molar-refractivity contribution in [2.75, 3.05) is 23.6 Å². The third-order valence-electron chi connectivity index (χ3n) is 5.06. The number of benzene rings is 1. The second kappa shape index (κ2) is 7.05. The molecule has 0 saturated carbocycles. The van der Waals surface area contributed by atoms with Gasteiger partial charge in [0, 0.05) is 25.5 Å². The number of halogens is 1. The van der Waals surface area contributed by atoms with Crippen LogP contribution >= 0.6 is 0 Å². The van der Waals surface area contributed by atoms with Gasteiger partial charge < -0.3 is 15.5 Å². The molecule has 31 heavy (non-hydrogen) atoms. The third kappa shape index (κ3) is 3.06. The van der Waals surface area contributed by atoms with Crippen molar-refractivity contribution < 1.29 is 19.5 Å². The molecule has 3 aromatic rings. The molecule has 1 saturated heterocycles. The summed E-state index contributed by atoms with van der Waals surface area (Å²) >= 11 is 0. The van der Waals surface area contributed by atoms with E-state index >= 15 is 4.39 Å². The van der Waals surface area contributed by atoms with E-state index in [9.17, 15) is 14.9 Å². The Labute approximate surface area is 183 Å².